The fraction of sp³-hybridized carbons (Fsp3) is 0.625. The summed E-state index contributed by atoms with van der Waals surface area (Å²) in [5.74, 6) is 0.977. The van der Waals surface area contributed by atoms with Gasteiger partial charge < -0.3 is 0 Å². The first-order valence-electron chi connectivity index (χ1n) is 8.60. The molecule has 4 rings (SSSR count). The first-order valence-corrected chi connectivity index (χ1v) is 10.9. The average molecular weight is 383 g/mol. The normalized spacial score (nSPS) is 20.2. The lowest BCUT2D eigenvalue weighted by Gasteiger charge is -2.30. The zero-order valence-electron chi connectivity index (χ0n) is 14.4. The van der Waals surface area contributed by atoms with Gasteiger partial charge in [0.1, 0.15) is 10.0 Å². The van der Waals surface area contributed by atoms with Crippen LogP contribution in [0.25, 0.3) is 0 Å². The average Bonchev–Trinajstić information content (AvgIpc) is 3.25. The van der Waals surface area contributed by atoms with E-state index in [2.05, 4.69) is 5.10 Å². The maximum Gasteiger partial charge on any atom is 0.345 e. The number of aromatic nitrogens is 3. The smallest absolute Gasteiger partial charge is 0.276 e. The van der Waals surface area contributed by atoms with Gasteiger partial charge in [0.15, 0.2) is 0 Å². The Morgan fingerprint density at radius 2 is 1.84 bits per heavy atom. The van der Waals surface area contributed by atoms with Crippen LogP contribution in [0.1, 0.15) is 48.3 Å². The number of sulfonamides is 1. The zero-order valence-corrected chi connectivity index (χ0v) is 16.0. The number of aryl methyl sites for hydroxylation is 2. The number of rotatable bonds is 4. The molecule has 0 N–H and O–H groups in total. The monoisotopic (exact) mass is 382 g/mol. The fourth-order valence-corrected chi connectivity index (χ4v) is 6.39. The van der Waals surface area contributed by atoms with Crippen LogP contribution in [-0.4, -0.2) is 40.2 Å². The van der Waals surface area contributed by atoms with Crippen molar-refractivity contribution in [2.24, 2.45) is 7.05 Å². The maximum atomic E-state index is 12.7. The minimum Gasteiger partial charge on any atom is -0.276 e. The molecule has 9 heteroatoms. The fourth-order valence-electron chi connectivity index (χ4n) is 3.49. The standard InChI is InChI=1S/C16H22N4O3S2/c1-11-3-6-14(24-11)25(22,23)19-9-7-12(8-10-19)15-17-18(2)16(21)20(15)13-4-5-13/h3,6,12-13H,4-5,7-10H2,1-2H3. The number of thiophene rings is 1. The molecule has 2 aliphatic rings. The van der Waals surface area contributed by atoms with E-state index in [-0.39, 0.29) is 17.6 Å². The summed E-state index contributed by atoms with van der Waals surface area (Å²) >= 11 is 1.31. The van der Waals surface area contributed by atoms with Crippen LogP contribution in [0.15, 0.2) is 21.1 Å². The summed E-state index contributed by atoms with van der Waals surface area (Å²) < 4.78 is 30.7. The van der Waals surface area contributed by atoms with Gasteiger partial charge in [-0.05, 0) is 44.7 Å². The summed E-state index contributed by atoms with van der Waals surface area (Å²) in [4.78, 5) is 13.3. The summed E-state index contributed by atoms with van der Waals surface area (Å²) in [5.41, 5.74) is -0.0541. The molecular formula is C16H22N4O3S2. The van der Waals surface area contributed by atoms with Crippen LogP contribution in [-0.2, 0) is 17.1 Å². The Bertz CT molecular complexity index is 944. The lowest BCUT2D eigenvalue weighted by Crippen LogP contribution is -2.38. The van der Waals surface area contributed by atoms with Gasteiger partial charge in [0, 0.05) is 37.0 Å². The number of hydrogen-bond donors (Lipinski definition) is 0. The molecule has 0 amide bonds. The van der Waals surface area contributed by atoms with E-state index >= 15 is 0 Å². The van der Waals surface area contributed by atoms with Gasteiger partial charge in [0.25, 0.3) is 10.0 Å². The summed E-state index contributed by atoms with van der Waals surface area (Å²) in [5, 5.41) is 4.45. The molecule has 0 radical (unpaired) electrons. The molecule has 0 bridgehead atoms. The van der Waals surface area contributed by atoms with Crippen LogP contribution in [0.3, 0.4) is 0 Å². The molecule has 0 atom stereocenters. The van der Waals surface area contributed by atoms with Gasteiger partial charge in [-0.3, -0.25) is 4.57 Å². The van der Waals surface area contributed by atoms with E-state index in [9.17, 15) is 13.2 Å². The molecule has 1 aliphatic heterocycles. The Morgan fingerprint density at radius 1 is 1.16 bits per heavy atom. The number of nitrogens with zero attached hydrogens (tertiary/aromatic N) is 4. The lowest BCUT2D eigenvalue weighted by atomic mass is 9.97. The van der Waals surface area contributed by atoms with E-state index in [1.54, 1.807) is 17.4 Å². The minimum absolute atomic E-state index is 0.0541. The largest absolute Gasteiger partial charge is 0.345 e. The molecule has 7 nitrogen and oxygen atoms in total. The van der Waals surface area contributed by atoms with Crippen molar-refractivity contribution in [3.8, 4) is 0 Å². The molecule has 1 saturated carbocycles. The lowest BCUT2D eigenvalue weighted by molar-refractivity contribution is 0.309. The van der Waals surface area contributed by atoms with Crippen molar-refractivity contribution in [1.29, 1.82) is 0 Å². The highest BCUT2D eigenvalue weighted by Gasteiger charge is 2.36. The highest BCUT2D eigenvalue weighted by molar-refractivity contribution is 7.91. The molecule has 1 aliphatic carbocycles. The predicted octanol–water partition coefficient (Wildman–Crippen LogP) is 1.85. The van der Waals surface area contributed by atoms with E-state index in [1.807, 2.05) is 17.6 Å². The van der Waals surface area contributed by atoms with Gasteiger partial charge in [0.05, 0.1) is 0 Å². The SMILES string of the molecule is Cc1ccc(S(=O)(=O)N2CCC(c3nn(C)c(=O)n3C3CC3)CC2)s1. The number of hydrogen-bond acceptors (Lipinski definition) is 5. The molecule has 1 saturated heterocycles. The Kier molecular flexibility index (Phi) is 4.12. The highest BCUT2D eigenvalue weighted by Crippen LogP contribution is 2.38. The Labute approximate surface area is 150 Å². The van der Waals surface area contributed by atoms with Gasteiger partial charge in [0.2, 0.25) is 0 Å². The van der Waals surface area contributed by atoms with Crippen LogP contribution >= 0.6 is 11.3 Å². The summed E-state index contributed by atoms with van der Waals surface area (Å²) in [6.45, 7) is 2.85. The molecule has 2 fully saturated rings. The molecule has 0 unspecified atom stereocenters. The predicted molar refractivity (Wildman–Crippen MR) is 95.5 cm³/mol. The highest BCUT2D eigenvalue weighted by atomic mass is 32.2. The topological polar surface area (TPSA) is 77.2 Å². The van der Waals surface area contributed by atoms with E-state index < -0.39 is 10.0 Å². The van der Waals surface area contributed by atoms with Crippen LogP contribution in [0, 0.1) is 6.92 Å². The third kappa shape index (κ3) is 2.98. The van der Waals surface area contributed by atoms with Crippen molar-refractivity contribution in [3.63, 3.8) is 0 Å². The second-order valence-electron chi connectivity index (χ2n) is 6.91. The third-order valence-electron chi connectivity index (χ3n) is 5.02. The van der Waals surface area contributed by atoms with Crippen LogP contribution < -0.4 is 5.69 Å². The third-order valence-corrected chi connectivity index (χ3v) is 8.39. The van der Waals surface area contributed by atoms with Crippen molar-refractivity contribution < 1.29 is 8.42 Å². The van der Waals surface area contributed by atoms with Crippen LogP contribution in [0.4, 0.5) is 0 Å². The van der Waals surface area contributed by atoms with Gasteiger partial charge in [-0.25, -0.2) is 17.9 Å². The van der Waals surface area contributed by atoms with Gasteiger partial charge in [-0.1, -0.05) is 0 Å². The molecular weight excluding hydrogens is 360 g/mol. The maximum absolute atomic E-state index is 12.7. The quantitative estimate of drug-likeness (QED) is 0.809. The van der Waals surface area contributed by atoms with E-state index in [4.69, 9.17) is 0 Å². The second-order valence-corrected chi connectivity index (χ2v) is 10.4. The summed E-state index contributed by atoms with van der Waals surface area (Å²) in [6.07, 6.45) is 3.46. The molecule has 0 spiro atoms. The summed E-state index contributed by atoms with van der Waals surface area (Å²) in [7, 11) is -1.72. The number of piperidine rings is 1. The van der Waals surface area contributed by atoms with Crippen molar-refractivity contribution in [2.75, 3.05) is 13.1 Å². The molecule has 0 aromatic carbocycles. The van der Waals surface area contributed by atoms with Gasteiger partial charge >= 0.3 is 5.69 Å². The van der Waals surface area contributed by atoms with Gasteiger partial charge in [-0.15, -0.1) is 11.3 Å². The van der Waals surface area contributed by atoms with E-state index in [0.717, 1.165) is 23.5 Å². The molecule has 136 valence electrons. The van der Waals surface area contributed by atoms with Crippen molar-refractivity contribution >= 4 is 21.4 Å². The van der Waals surface area contributed by atoms with Crippen molar-refractivity contribution in [1.82, 2.24) is 18.7 Å². The molecule has 2 aromatic heterocycles. The second kappa shape index (κ2) is 6.07. The first kappa shape index (κ1) is 17.0. The minimum atomic E-state index is -3.41. The Morgan fingerprint density at radius 3 is 2.40 bits per heavy atom. The van der Waals surface area contributed by atoms with E-state index in [1.165, 1.54) is 16.0 Å². The van der Waals surface area contributed by atoms with Crippen LogP contribution in [0.2, 0.25) is 0 Å². The molecule has 25 heavy (non-hydrogen) atoms. The summed E-state index contributed by atoms with van der Waals surface area (Å²) in [6, 6.07) is 3.81. The van der Waals surface area contributed by atoms with Crippen LogP contribution in [0.5, 0.6) is 0 Å². The molecule has 3 heterocycles. The van der Waals surface area contributed by atoms with Crippen molar-refractivity contribution in [2.45, 2.75) is 48.8 Å². The van der Waals surface area contributed by atoms with Crippen molar-refractivity contribution in [3.05, 3.63) is 33.3 Å². The Hall–Kier alpha value is -1.45. The van der Waals surface area contributed by atoms with E-state index in [0.29, 0.717) is 30.1 Å². The Balaban J connectivity index is 1.53. The first-order chi connectivity index (χ1) is 11.9. The van der Waals surface area contributed by atoms with Gasteiger partial charge in [-0.2, -0.15) is 9.40 Å². The zero-order chi connectivity index (χ0) is 17.8. The molecule has 2 aromatic rings.